The minimum absolute atomic E-state index is 0.244. The van der Waals surface area contributed by atoms with Gasteiger partial charge in [-0.05, 0) is 34.0 Å². The van der Waals surface area contributed by atoms with Crippen LogP contribution in [0.5, 0.6) is 0 Å². The molecule has 0 aliphatic rings. The zero-order chi connectivity index (χ0) is 11.5. The van der Waals surface area contributed by atoms with Crippen molar-refractivity contribution in [2.75, 3.05) is 0 Å². The molecule has 84 valence electrons. The molecule has 1 unspecified atom stereocenters. The minimum Gasteiger partial charge on any atom is -0.271 e. The summed E-state index contributed by atoms with van der Waals surface area (Å²) in [7, 11) is 0. The molecule has 1 rings (SSSR count). The predicted molar refractivity (Wildman–Crippen MR) is 52.8 cm³/mol. The number of aromatic nitrogens is 1. The Labute approximate surface area is 93.0 Å². The Morgan fingerprint density at radius 3 is 2.60 bits per heavy atom. The van der Waals surface area contributed by atoms with Gasteiger partial charge >= 0.3 is 6.18 Å². The van der Waals surface area contributed by atoms with Gasteiger partial charge < -0.3 is 0 Å². The number of alkyl halides is 3. The predicted octanol–water partition coefficient (Wildman–Crippen LogP) is 1.78. The number of hydrogen-bond donors (Lipinski definition) is 2. The monoisotopic (exact) mass is 283 g/mol. The largest absolute Gasteiger partial charge is 0.405 e. The second-order valence-electron chi connectivity index (χ2n) is 2.98. The number of halogens is 4. The molecule has 1 heterocycles. The molecule has 0 saturated heterocycles. The lowest BCUT2D eigenvalue weighted by atomic mass is 10.1. The third kappa shape index (κ3) is 3.77. The Morgan fingerprint density at radius 1 is 1.47 bits per heavy atom. The second-order valence-corrected chi connectivity index (χ2v) is 3.89. The zero-order valence-electron chi connectivity index (χ0n) is 7.55. The van der Waals surface area contributed by atoms with Crippen LogP contribution in [0.1, 0.15) is 5.56 Å². The Balaban J connectivity index is 2.76. The highest BCUT2D eigenvalue weighted by Gasteiger charge is 2.38. The molecule has 0 aliphatic carbocycles. The van der Waals surface area contributed by atoms with E-state index in [1.54, 1.807) is 11.5 Å². The van der Waals surface area contributed by atoms with Crippen LogP contribution in [0.25, 0.3) is 0 Å². The third-order valence-electron chi connectivity index (χ3n) is 1.80. The van der Waals surface area contributed by atoms with Crippen LogP contribution in [0, 0.1) is 0 Å². The Morgan fingerprint density at radius 2 is 2.13 bits per heavy atom. The molecular weight excluding hydrogens is 275 g/mol. The molecule has 0 radical (unpaired) electrons. The average Bonchev–Trinajstić information content (AvgIpc) is 2.12. The van der Waals surface area contributed by atoms with Gasteiger partial charge in [-0.2, -0.15) is 13.2 Å². The summed E-state index contributed by atoms with van der Waals surface area (Å²) in [6, 6.07) is -0.183. The lowest BCUT2D eigenvalue weighted by molar-refractivity contribution is -0.155. The molecule has 0 aliphatic heterocycles. The summed E-state index contributed by atoms with van der Waals surface area (Å²) in [5, 5.41) is 0. The van der Waals surface area contributed by atoms with Crippen LogP contribution in [-0.2, 0) is 6.42 Å². The lowest BCUT2D eigenvalue weighted by Crippen LogP contribution is -2.47. The maximum atomic E-state index is 12.3. The van der Waals surface area contributed by atoms with Gasteiger partial charge in [0.05, 0.1) is 0 Å². The van der Waals surface area contributed by atoms with Gasteiger partial charge in [0, 0.05) is 16.9 Å². The smallest absolute Gasteiger partial charge is 0.271 e. The number of nitrogens with one attached hydrogen (secondary N) is 1. The van der Waals surface area contributed by atoms with Crippen molar-refractivity contribution in [3.63, 3.8) is 0 Å². The Hall–Kier alpha value is -0.660. The summed E-state index contributed by atoms with van der Waals surface area (Å²) < 4.78 is 37.6. The van der Waals surface area contributed by atoms with E-state index in [9.17, 15) is 13.2 Å². The van der Waals surface area contributed by atoms with Crippen molar-refractivity contribution in [2.45, 2.75) is 18.6 Å². The SMILES string of the molecule is NNC(Cc1cncc(Br)c1)C(F)(F)F. The molecule has 0 saturated carbocycles. The summed E-state index contributed by atoms with van der Waals surface area (Å²) in [6.07, 6.45) is -1.73. The van der Waals surface area contributed by atoms with Gasteiger partial charge in [0.1, 0.15) is 6.04 Å². The van der Waals surface area contributed by atoms with Crippen molar-refractivity contribution < 1.29 is 13.2 Å². The van der Waals surface area contributed by atoms with Crippen LogP contribution < -0.4 is 11.3 Å². The van der Waals surface area contributed by atoms with Crippen LogP contribution >= 0.6 is 15.9 Å². The van der Waals surface area contributed by atoms with E-state index < -0.39 is 12.2 Å². The first kappa shape index (κ1) is 12.4. The molecule has 0 aromatic carbocycles. The van der Waals surface area contributed by atoms with Crippen LogP contribution in [0.4, 0.5) is 13.2 Å². The molecule has 0 amide bonds. The summed E-state index contributed by atoms with van der Waals surface area (Å²) in [5.41, 5.74) is 2.20. The van der Waals surface area contributed by atoms with Gasteiger partial charge in [-0.3, -0.25) is 10.8 Å². The van der Waals surface area contributed by atoms with Gasteiger partial charge in [-0.25, -0.2) is 5.43 Å². The van der Waals surface area contributed by atoms with Crippen LogP contribution in [-0.4, -0.2) is 17.2 Å². The lowest BCUT2D eigenvalue weighted by Gasteiger charge is -2.18. The molecule has 1 aromatic heterocycles. The van der Waals surface area contributed by atoms with Crippen molar-refractivity contribution in [1.82, 2.24) is 10.4 Å². The highest BCUT2D eigenvalue weighted by Crippen LogP contribution is 2.23. The number of hydrazine groups is 1. The third-order valence-corrected chi connectivity index (χ3v) is 2.23. The molecule has 3 nitrogen and oxygen atoms in total. The van der Waals surface area contributed by atoms with E-state index in [-0.39, 0.29) is 6.42 Å². The van der Waals surface area contributed by atoms with Gasteiger partial charge in [-0.1, -0.05) is 0 Å². The topological polar surface area (TPSA) is 50.9 Å². The van der Waals surface area contributed by atoms with E-state index in [1.165, 1.54) is 12.4 Å². The van der Waals surface area contributed by atoms with E-state index in [1.807, 2.05) is 0 Å². The molecule has 15 heavy (non-hydrogen) atoms. The first-order chi connectivity index (χ1) is 6.93. The maximum Gasteiger partial charge on any atom is 0.405 e. The normalized spacial score (nSPS) is 13.9. The van der Waals surface area contributed by atoms with Gasteiger partial charge in [-0.15, -0.1) is 0 Å². The molecule has 0 fully saturated rings. The van der Waals surface area contributed by atoms with Crippen molar-refractivity contribution in [3.8, 4) is 0 Å². The van der Waals surface area contributed by atoms with E-state index in [0.29, 0.717) is 10.0 Å². The number of rotatable bonds is 3. The van der Waals surface area contributed by atoms with Crippen molar-refractivity contribution >= 4 is 15.9 Å². The van der Waals surface area contributed by atoms with E-state index >= 15 is 0 Å². The summed E-state index contributed by atoms with van der Waals surface area (Å²) in [4.78, 5) is 3.77. The van der Waals surface area contributed by atoms with Crippen LogP contribution in [0.15, 0.2) is 22.9 Å². The van der Waals surface area contributed by atoms with Crippen molar-refractivity contribution in [2.24, 2.45) is 5.84 Å². The number of hydrogen-bond acceptors (Lipinski definition) is 3. The molecule has 1 aromatic rings. The molecular formula is C8H9BrF3N3. The maximum absolute atomic E-state index is 12.3. The summed E-state index contributed by atoms with van der Waals surface area (Å²) in [5.74, 6) is 4.84. The molecule has 0 bridgehead atoms. The first-order valence-corrected chi connectivity index (χ1v) is 4.85. The first-order valence-electron chi connectivity index (χ1n) is 4.05. The van der Waals surface area contributed by atoms with Gasteiger partial charge in [0.25, 0.3) is 0 Å². The number of nitrogens with two attached hydrogens (primary N) is 1. The molecule has 1 atom stereocenters. The highest BCUT2D eigenvalue weighted by molar-refractivity contribution is 9.10. The van der Waals surface area contributed by atoms with Gasteiger partial charge in [0.2, 0.25) is 0 Å². The fourth-order valence-electron chi connectivity index (χ4n) is 1.07. The average molecular weight is 284 g/mol. The fraction of sp³-hybridized carbons (Fsp3) is 0.375. The van der Waals surface area contributed by atoms with E-state index in [0.717, 1.165) is 0 Å². The quantitative estimate of drug-likeness (QED) is 0.657. The second kappa shape index (κ2) is 4.91. The summed E-state index contributed by atoms with van der Waals surface area (Å²) in [6.45, 7) is 0. The Kier molecular flexibility index (Phi) is 4.06. The summed E-state index contributed by atoms with van der Waals surface area (Å²) >= 11 is 3.13. The molecule has 7 heteroatoms. The zero-order valence-corrected chi connectivity index (χ0v) is 9.14. The molecule has 3 N–H and O–H groups in total. The molecule has 0 spiro atoms. The van der Waals surface area contributed by atoms with Crippen LogP contribution in [0.2, 0.25) is 0 Å². The van der Waals surface area contributed by atoms with E-state index in [2.05, 4.69) is 20.9 Å². The van der Waals surface area contributed by atoms with Gasteiger partial charge in [0.15, 0.2) is 0 Å². The minimum atomic E-state index is -4.36. The van der Waals surface area contributed by atoms with Crippen LogP contribution in [0.3, 0.4) is 0 Å². The standard InChI is InChI=1S/C8H9BrF3N3/c9-6-1-5(3-14-4-6)2-7(15-13)8(10,11)12/h1,3-4,7,15H,2,13H2. The van der Waals surface area contributed by atoms with E-state index in [4.69, 9.17) is 5.84 Å². The number of nitrogens with zero attached hydrogens (tertiary/aromatic N) is 1. The van der Waals surface area contributed by atoms with Crippen molar-refractivity contribution in [1.29, 1.82) is 0 Å². The fourth-order valence-corrected chi connectivity index (χ4v) is 1.48. The van der Waals surface area contributed by atoms with Crippen molar-refractivity contribution in [3.05, 3.63) is 28.5 Å². The number of pyridine rings is 1. The Bertz CT molecular complexity index is 329. The highest BCUT2D eigenvalue weighted by atomic mass is 79.9.